The van der Waals surface area contributed by atoms with Crippen molar-refractivity contribution in [2.45, 2.75) is 13.3 Å². The van der Waals surface area contributed by atoms with Crippen molar-refractivity contribution in [3.05, 3.63) is 102 Å². The molecule has 0 aliphatic carbocycles. The minimum Gasteiger partial charge on any atom is -0.355 e. The number of benzene rings is 3. The van der Waals surface area contributed by atoms with Crippen molar-refractivity contribution in [1.29, 1.82) is 0 Å². The van der Waals surface area contributed by atoms with E-state index in [1.165, 1.54) is 0 Å². The van der Waals surface area contributed by atoms with E-state index in [9.17, 15) is 9.59 Å². The molecule has 6 heteroatoms. The van der Waals surface area contributed by atoms with Gasteiger partial charge in [-0.05, 0) is 54.4 Å². The molecule has 0 saturated carbocycles. The second kappa shape index (κ2) is 9.09. The van der Waals surface area contributed by atoms with Gasteiger partial charge in [-0.15, -0.1) is 0 Å². The number of fused-ring (bicyclic) bond motifs is 1. The van der Waals surface area contributed by atoms with Gasteiger partial charge in [0, 0.05) is 28.5 Å². The molecule has 3 aromatic carbocycles. The third-order valence-electron chi connectivity index (χ3n) is 5.00. The Morgan fingerprint density at radius 1 is 0.839 bits per heavy atom. The summed E-state index contributed by atoms with van der Waals surface area (Å²) in [5.74, 6) is -0.649. The maximum absolute atomic E-state index is 12.4. The Hall–Kier alpha value is -4.19. The highest BCUT2D eigenvalue weighted by atomic mass is 16.2. The number of hydrogen-bond donors (Lipinski definition) is 3. The zero-order valence-corrected chi connectivity index (χ0v) is 17.1. The number of amides is 2. The molecule has 31 heavy (non-hydrogen) atoms. The first-order chi connectivity index (χ1) is 15.1. The fourth-order valence-electron chi connectivity index (χ4n) is 3.29. The standard InChI is InChI=1S/C25H22N4O2/c1-17-6-2-3-7-19(17)16-24(30)28-29-25(31)18-10-12-20(13-11-18)27-23-14-15-26-22-9-5-4-8-21(22)23/h2-15H,16H2,1H3,(H,26,27)(H,28,30)(H,29,31). The molecule has 0 fully saturated rings. The van der Waals surface area contributed by atoms with E-state index < -0.39 is 0 Å². The van der Waals surface area contributed by atoms with Crippen LogP contribution in [-0.4, -0.2) is 16.8 Å². The van der Waals surface area contributed by atoms with E-state index in [0.717, 1.165) is 33.4 Å². The first kappa shape index (κ1) is 20.1. The molecule has 3 N–H and O–H groups in total. The smallest absolute Gasteiger partial charge is 0.269 e. The molecule has 0 spiro atoms. The Labute approximate surface area is 180 Å². The first-order valence-electron chi connectivity index (χ1n) is 9.95. The fraction of sp³-hybridized carbons (Fsp3) is 0.0800. The van der Waals surface area contributed by atoms with Crippen LogP contribution in [0.2, 0.25) is 0 Å². The zero-order chi connectivity index (χ0) is 21.6. The van der Waals surface area contributed by atoms with Gasteiger partial charge in [0.25, 0.3) is 5.91 Å². The largest absolute Gasteiger partial charge is 0.355 e. The maximum atomic E-state index is 12.4. The van der Waals surface area contributed by atoms with Crippen LogP contribution in [0.15, 0.2) is 85.1 Å². The summed E-state index contributed by atoms with van der Waals surface area (Å²) in [4.78, 5) is 28.8. The van der Waals surface area contributed by atoms with E-state index in [1.54, 1.807) is 18.3 Å². The number of hydrazine groups is 1. The Bertz CT molecular complexity index is 1230. The molecule has 1 aromatic heterocycles. The number of carbonyl (C=O) groups is 2. The summed E-state index contributed by atoms with van der Waals surface area (Å²) < 4.78 is 0. The summed E-state index contributed by atoms with van der Waals surface area (Å²) in [5, 5.41) is 4.37. The molecule has 0 atom stereocenters. The molecule has 0 bridgehead atoms. The Morgan fingerprint density at radius 2 is 1.58 bits per heavy atom. The minimum absolute atomic E-state index is 0.204. The third-order valence-corrected chi connectivity index (χ3v) is 5.00. The lowest BCUT2D eigenvalue weighted by molar-refractivity contribution is -0.121. The minimum atomic E-state index is -0.376. The predicted molar refractivity (Wildman–Crippen MR) is 122 cm³/mol. The van der Waals surface area contributed by atoms with Crippen LogP contribution in [0.1, 0.15) is 21.5 Å². The van der Waals surface area contributed by atoms with Crippen LogP contribution in [0.3, 0.4) is 0 Å². The van der Waals surface area contributed by atoms with Gasteiger partial charge in [-0.1, -0.05) is 42.5 Å². The number of nitrogens with one attached hydrogen (secondary N) is 3. The van der Waals surface area contributed by atoms with Crippen molar-refractivity contribution in [1.82, 2.24) is 15.8 Å². The summed E-state index contributed by atoms with van der Waals surface area (Å²) in [6, 6.07) is 24.5. The van der Waals surface area contributed by atoms with Crippen LogP contribution in [0.4, 0.5) is 11.4 Å². The Balaban J connectivity index is 1.36. The average molecular weight is 410 g/mol. The number of aromatic nitrogens is 1. The highest BCUT2D eigenvalue weighted by Crippen LogP contribution is 2.24. The van der Waals surface area contributed by atoms with Crippen LogP contribution in [0.25, 0.3) is 10.9 Å². The van der Waals surface area contributed by atoms with Crippen molar-refractivity contribution >= 4 is 34.1 Å². The maximum Gasteiger partial charge on any atom is 0.269 e. The number of rotatable bonds is 5. The van der Waals surface area contributed by atoms with E-state index in [4.69, 9.17) is 0 Å². The molecule has 1 heterocycles. The molecule has 154 valence electrons. The van der Waals surface area contributed by atoms with Crippen molar-refractivity contribution in [2.24, 2.45) is 0 Å². The number of para-hydroxylation sites is 1. The Morgan fingerprint density at radius 3 is 2.39 bits per heavy atom. The number of aryl methyl sites for hydroxylation is 1. The van der Waals surface area contributed by atoms with Gasteiger partial charge in [0.15, 0.2) is 0 Å². The lowest BCUT2D eigenvalue weighted by Gasteiger charge is -2.11. The molecular weight excluding hydrogens is 388 g/mol. The number of anilines is 2. The van der Waals surface area contributed by atoms with Gasteiger partial charge in [-0.2, -0.15) is 0 Å². The van der Waals surface area contributed by atoms with E-state index in [1.807, 2.05) is 73.7 Å². The van der Waals surface area contributed by atoms with E-state index >= 15 is 0 Å². The van der Waals surface area contributed by atoms with Crippen molar-refractivity contribution in [2.75, 3.05) is 5.32 Å². The number of pyridine rings is 1. The van der Waals surface area contributed by atoms with Gasteiger partial charge < -0.3 is 5.32 Å². The molecular formula is C25H22N4O2. The molecule has 0 saturated heterocycles. The summed E-state index contributed by atoms with van der Waals surface area (Å²) in [6.45, 7) is 1.95. The van der Waals surface area contributed by atoms with Gasteiger partial charge in [-0.25, -0.2) is 0 Å². The molecule has 0 aliphatic rings. The van der Waals surface area contributed by atoms with Gasteiger partial charge in [0.05, 0.1) is 11.9 Å². The highest BCUT2D eigenvalue weighted by molar-refractivity contribution is 5.96. The van der Waals surface area contributed by atoms with Crippen LogP contribution in [-0.2, 0) is 11.2 Å². The van der Waals surface area contributed by atoms with Crippen LogP contribution < -0.4 is 16.2 Å². The summed E-state index contributed by atoms with van der Waals surface area (Å²) >= 11 is 0. The number of carbonyl (C=O) groups excluding carboxylic acids is 2. The third kappa shape index (κ3) is 4.87. The van der Waals surface area contributed by atoms with Crippen molar-refractivity contribution < 1.29 is 9.59 Å². The van der Waals surface area contributed by atoms with E-state index in [-0.39, 0.29) is 18.2 Å². The Kier molecular flexibility index (Phi) is 5.89. The summed E-state index contributed by atoms with van der Waals surface area (Å²) in [5.41, 5.74) is 10.0. The predicted octanol–water partition coefficient (Wildman–Crippen LogP) is 4.29. The molecule has 2 amide bonds. The SMILES string of the molecule is Cc1ccccc1CC(=O)NNC(=O)c1ccc(Nc2ccnc3ccccc23)cc1. The monoisotopic (exact) mass is 410 g/mol. The first-order valence-corrected chi connectivity index (χ1v) is 9.95. The quantitative estimate of drug-likeness (QED) is 0.429. The highest BCUT2D eigenvalue weighted by Gasteiger charge is 2.09. The molecule has 0 radical (unpaired) electrons. The molecule has 0 unspecified atom stereocenters. The molecule has 0 aliphatic heterocycles. The van der Waals surface area contributed by atoms with Gasteiger partial charge >= 0.3 is 0 Å². The molecule has 6 nitrogen and oxygen atoms in total. The van der Waals surface area contributed by atoms with Gasteiger partial charge in [0.2, 0.25) is 5.91 Å². The second-order valence-corrected chi connectivity index (χ2v) is 7.18. The fourth-order valence-corrected chi connectivity index (χ4v) is 3.29. The van der Waals surface area contributed by atoms with Crippen molar-refractivity contribution in [3.63, 3.8) is 0 Å². The topological polar surface area (TPSA) is 83.1 Å². The normalized spacial score (nSPS) is 10.5. The van der Waals surface area contributed by atoms with Gasteiger partial charge in [-0.3, -0.25) is 25.4 Å². The second-order valence-electron chi connectivity index (χ2n) is 7.18. The van der Waals surface area contributed by atoms with Crippen molar-refractivity contribution in [3.8, 4) is 0 Å². The average Bonchev–Trinajstić information content (AvgIpc) is 2.80. The lowest BCUT2D eigenvalue weighted by Crippen LogP contribution is -2.42. The lowest BCUT2D eigenvalue weighted by atomic mass is 10.1. The molecule has 4 aromatic rings. The van der Waals surface area contributed by atoms with Crippen LogP contribution in [0, 0.1) is 6.92 Å². The zero-order valence-electron chi connectivity index (χ0n) is 17.1. The van der Waals surface area contributed by atoms with E-state index in [2.05, 4.69) is 21.2 Å². The number of hydrogen-bond acceptors (Lipinski definition) is 4. The van der Waals surface area contributed by atoms with Crippen LogP contribution in [0.5, 0.6) is 0 Å². The number of nitrogens with zero attached hydrogens (tertiary/aromatic N) is 1. The van der Waals surface area contributed by atoms with E-state index in [0.29, 0.717) is 5.56 Å². The summed E-state index contributed by atoms with van der Waals surface area (Å²) in [6.07, 6.45) is 1.96. The van der Waals surface area contributed by atoms with Crippen LogP contribution >= 0.6 is 0 Å². The van der Waals surface area contributed by atoms with Gasteiger partial charge in [0.1, 0.15) is 0 Å². The summed E-state index contributed by atoms with van der Waals surface area (Å²) in [7, 11) is 0. The molecule has 4 rings (SSSR count).